The van der Waals surface area contributed by atoms with Gasteiger partial charge in [0.1, 0.15) is 5.75 Å². The number of nitrogens with zero attached hydrogens (tertiary/aromatic N) is 1. The number of nitrogens with one attached hydrogen (secondary N) is 1. The summed E-state index contributed by atoms with van der Waals surface area (Å²) >= 11 is 1.43. The minimum absolute atomic E-state index is 0.264. The Labute approximate surface area is 125 Å². The van der Waals surface area contributed by atoms with Gasteiger partial charge < -0.3 is 10.5 Å². The van der Waals surface area contributed by atoms with Gasteiger partial charge in [0, 0.05) is 17.3 Å². The first-order valence-corrected chi connectivity index (χ1v) is 7.09. The molecule has 0 radical (unpaired) electrons. The summed E-state index contributed by atoms with van der Waals surface area (Å²) < 4.78 is 6.14. The molecule has 0 aliphatic carbocycles. The normalized spacial score (nSPS) is 10.5. The van der Waals surface area contributed by atoms with Gasteiger partial charge in [-0.05, 0) is 24.3 Å². The van der Waals surface area contributed by atoms with Gasteiger partial charge >= 0.3 is 0 Å². The number of nitrogen functional groups attached to an aromatic ring is 1. The van der Waals surface area contributed by atoms with E-state index in [1.54, 1.807) is 18.2 Å². The number of rotatable bonds is 3. The van der Waals surface area contributed by atoms with E-state index in [0.717, 1.165) is 10.2 Å². The van der Waals surface area contributed by atoms with Crippen molar-refractivity contribution in [3.05, 3.63) is 48.0 Å². The van der Waals surface area contributed by atoms with E-state index in [9.17, 15) is 4.79 Å². The summed E-state index contributed by atoms with van der Waals surface area (Å²) in [5, 5.41) is 3.34. The fourth-order valence-electron chi connectivity index (χ4n) is 1.97. The van der Waals surface area contributed by atoms with Gasteiger partial charge in [-0.25, -0.2) is 4.98 Å². The maximum atomic E-state index is 12.3. The number of para-hydroxylation sites is 1. The Bertz CT molecular complexity index is 781. The van der Waals surface area contributed by atoms with Gasteiger partial charge in [0.2, 0.25) is 0 Å². The first-order chi connectivity index (χ1) is 10.2. The number of nitrogens with two attached hydrogens (primary N) is 1. The molecule has 6 heteroatoms. The van der Waals surface area contributed by atoms with Crippen LogP contribution in [0.15, 0.2) is 42.5 Å². The highest BCUT2D eigenvalue weighted by molar-refractivity contribution is 7.22. The summed E-state index contributed by atoms with van der Waals surface area (Å²) in [5.41, 5.74) is 7.53. The van der Waals surface area contributed by atoms with Gasteiger partial charge in [-0.15, -0.1) is 0 Å². The summed E-state index contributed by atoms with van der Waals surface area (Å²) in [6, 6.07) is 12.6. The Kier molecular flexibility index (Phi) is 3.45. The van der Waals surface area contributed by atoms with Crippen molar-refractivity contribution in [2.75, 3.05) is 18.2 Å². The molecule has 0 unspecified atom stereocenters. The van der Waals surface area contributed by atoms with Gasteiger partial charge in [-0.3, -0.25) is 10.1 Å². The van der Waals surface area contributed by atoms with Crippen LogP contribution in [0.1, 0.15) is 10.4 Å². The van der Waals surface area contributed by atoms with Gasteiger partial charge in [-0.2, -0.15) is 0 Å². The van der Waals surface area contributed by atoms with E-state index >= 15 is 0 Å². The molecule has 106 valence electrons. The lowest BCUT2D eigenvalue weighted by Gasteiger charge is -2.06. The third-order valence-corrected chi connectivity index (χ3v) is 3.89. The zero-order valence-corrected chi connectivity index (χ0v) is 12.1. The average molecular weight is 299 g/mol. The van der Waals surface area contributed by atoms with Crippen LogP contribution in [0.25, 0.3) is 10.2 Å². The molecule has 21 heavy (non-hydrogen) atoms. The third kappa shape index (κ3) is 2.80. The molecule has 5 nitrogen and oxygen atoms in total. The van der Waals surface area contributed by atoms with E-state index in [0.29, 0.717) is 22.1 Å². The maximum absolute atomic E-state index is 12.3. The minimum Gasteiger partial charge on any atom is -0.497 e. The number of thiazole rings is 1. The van der Waals surface area contributed by atoms with Crippen LogP contribution in [0.4, 0.5) is 10.8 Å². The first kappa shape index (κ1) is 13.4. The number of amides is 1. The van der Waals surface area contributed by atoms with Crippen LogP contribution in [-0.2, 0) is 0 Å². The van der Waals surface area contributed by atoms with Crippen molar-refractivity contribution in [3.8, 4) is 5.75 Å². The van der Waals surface area contributed by atoms with Gasteiger partial charge in [-0.1, -0.05) is 23.5 Å². The fraction of sp³-hybridized carbons (Fsp3) is 0.0667. The number of anilines is 2. The highest BCUT2D eigenvalue weighted by atomic mass is 32.1. The van der Waals surface area contributed by atoms with E-state index in [4.69, 9.17) is 10.5 Å². The molecule has 3 aromatic rings. The van der Waals surface area contributed by atoms with Crippen molar-refractivity contribution in [3.63, 3.8) is 0 Å². The number of methoxy groups -OCH3 is 1. The van der Waals surface area contributed by atoms with Gasteiger partial charge in [0.15, 0.2) is 5.13 Å². The first-order valence-electron chi connectivity index (χ1n) is 6.27. The molecule has 1 aromatic heterocycles. The molecule has 0 aliphatic heterocycles. The molecule has 3 N–H and O–H groups in total. The lowest BCUT2D eigenvalue weighted by atomic mass is 10.2. The van der Waals surface area contributed by atoms with Crippen LogP contribution in [0, 0.1) is 0 Å². The Morgan fingerprint density at radius 3 is 2.86 bits per heavy atom. The smallest absolute Gasteiger partial charge is 0.257 e. The molecule has 0 atom stereocenters. The predicted molar refractivity (Wildman–Crippen MR) is 85.0 cm³/mol. The Morgan fingerprint density at radius 1 is 1.29 bits per heavy atom. The van der Waals surface area contributed by atoms with E-state index in [1.807, 2.05) is 24.3 Å². The number of hydrogen-bond acceptors (Lipinski definition) is 5. The standard InChI is InChI=1S/C15H13N3O2S/c1-20-11-7-9(6-10(16)8-11)14(19)18-15-17-12-4-2-3-5-13(12)21-15/h2-8H,16H2,1H3,(H,17,18,19). The molecule has 0 spiro atoms. The minimum atomic E-state index is -0.264. The maximum Gasteiger partial charge on any atom is 0.257 e. The van der Waals surface area contributed by atoms with Crippen molar-refractivity contribution >= 4 is 38.3 Å². The van der Waals surface area contributed by atoms with E-state index < -0.39 is 0 Å². The largest absolute Gasteiger partial charge is 0.497 e. The van der Waals surface area contributed by atoms with Crippen LogP contribution in [-0.4, -0.2) is 18.0 Å². The second-order valence-corrected chi connectivity index (χ2v) is 5.47. The van der Waals surface area contributed by atoms with Crippen molar-refractivity contribution in [1.82, 2.24) is 4.98 Å². The van der Waals surface area contributed by atoms with Crippen LogP contribution in [0.2, 0.25) is 0 Å². The van der Waals surface area contributed by atoms with E-state index in [2.05, 4.69) is 10.3 Å². The quantitative estimate of drug-likeness (QED) is 0.728. The lowest BCUT2D eigenvalue weighted by Crippen LogP contribution is -2.12. The molecule has 0 fully saturated rings. The SMILES string of the molecule is COc1cc(N)cc(C(=O)Nc2nc3ccccc3s2)c1. The number of fused-ring (bicyclic) bond motifs is 1. The summed E-state index contributed by atoms with van der Waals surface area (Å²) in [6.45, 7) is 0. The predicted octanol–water partition coefficient (Wildman–Crippen LogP) is 3.14. The molecule has 1 amide bonds. The molecular formula is C15H13N3O2S. The Morgan fingerprint density at radius 2 is 2.10 bits per heavy atom. The number of hydrogen-bond donors (Lipinski definition) is 2. The molecule has 0 saturated carbocycles. The summed E-state index contributed by atoms with van der Waals surface area (Å²) in [4.78, 5) is 16.6. The lowest BCUT2D eigenvalue weighted by molar-refractivity contribution is 0.102. The molecular weight excluding hydrogens is 286 g/mol. The van der Waals surface area contributed by atoms with E-state index in [-0.39, 0.29) is 5.91 Å². The van der Waals surface area contributed by atoms with Crippen molar-refractivity contribution < 1.29 is 9.53 Å². The van der Waals surface area contributed by atoms with Crippen molar-refractivity contribution in [2.45, 2.75) is 0 Å². The third-order valence-electron chi connectivity index (χ3n) is 2.94. The van der Waals surface area contributed by atoms with Crippen LogP contribution < -0.4 is 15.8 Å². The molecule has 0 bridgehead atoms. The Balaban J connectivity index is 1.87. The molecule has 0 aliphatic rings. The van der Waals surface area contributed by atoms with Crippen molar-refractivity contribution in [2.24, 2.45) is 0 Å². The number of carbonyl (C=O) groups excluding carboxylic acids is 1. The van der Waals surface area contributed by atoms with Gasteiger partial charge in [0.25, 0.3) is 5.91 Å². The topological polar surface area (TPSA) is 77.2 Å². The molecule has 2 aromatic carbocycles. The highest BCUT2D eigenvalue weighted by Gasteiger charge is 2.11. The van der Waals surface area contributed by atoms with Crippen LogP contribution in [0.5, 0.6) is 5.75 Å². The number of carbonyl (C=O) groups is 1. The summed E-state index contributed by atoms with van der Waals surface area (Å²) in [5.74, 6) is 0.282. The summed E-state index contributed by atoms with van der Waals surface area (Å²) in [7, 11) is 1.53. The second kappa shape index (κ2) is 5.41. The molecule has 3 rings (SSSR count). The highest BCUT2D eigenvalue weighted by Crippen LogP contribution is 2.26. The van der Waals surface area contributed by atoms with Crippen LogP contribution >= 0.6 is 11.3 Å². The Hall–Kier alpha value is -2.60. The average Bonchev–Trinajstić information content (AvgIpc) is 2.88. The number of benzene rings is 2. The molecule has 0 saturated heterocycles. The zero-order valence-electron chi connectivity index (χ0n) is 11.3. The number of aromatic nitrogens is 1. The molecule has 1 heterocycles. The number of ether oxygens (including phenoxy) is 1. The van der Waals surface area contributed by atoms with Crippen molar-refractivity contribution in [1.29, 1.82) is 0 Å². The second-order valence-electron chi connectivity index (χ2n) is 4.44. The van der Waals surface area contributed by atoms with Crippen LogP contribution in [0.3, 0.4) is 0 Å². The van der Waals surface area contributed by atoms with Gasteiger partial charge in [0.05, 0.1) is 17.3 Å². The summed E-state index contributed by atoms with van der Waals surface area (Å²) in [6.07, 6.45) is 0. The van der Waals surface area contributed by atoms with E-state index in [1.165, 1.54) is 18.4 Å². The monoisotopic (exact) mass is 299 g/mol. The zero-order chi connectivity index (χ0) is 14.8. The fourth-order valence-corrected chi connectivity index (χ4v) is 2.83.